The summed E-state index contributed by atoms with van der Waals surface area (Å²) in [6.45, 7) is 2.06. The van der Waals surface area contributed by atoms with Crippen LogP contribution in [-0.2, 0) is 6.54 Å². The molecule has 1 aliphatic heterocycles. The molecule has 1 aliphatic carbocycles. The molecule has 2 aromatic carbocycles. The molecule has 2 aliphatic rings. The first kappa shape index (κ1) is 19.8. The molecule has 0 spiro atoms. The van der Waals surface area contributed by atoms with Gasteiger partial charge in [-0.1, -0.05) is 36.4 Å². The van der Waals surface area contributed by atoms with E-state index in [4.69, 9.17) is 4.98 Å². The third-order valence-electron chi connectivity index (χ3n) is 6.16. The number of hydrogen-bond acceptors (Lipinski definition) is 3. The monoisotopic (exact) mass is 417 g/mol. The summed E-state index contributed by atoms with van der Waals surface area (Å²) in [4.78, 5) is 9.14. The Labute approximate surface area is 180 Å². The van der Waals surface area contributed by atoms with Crippen LogP contribution < -0.4 is 5.32 Å². The summed E-state index contributed by atoms with van der Waals surface area (Å²) in [7, 11) is 0. The molecule has 4 nitrogen and oxygen atoms in total. The van der Waals surface area contributed by atoms with Crippen molar-refractivity contribution in [1.82, 2.24) is 15.3 Å². The Balaban J connectivity index is 1.47. The Morgan fingerprint density at radius 2 is 1.71 bits per heavy atom. The average molecular weight is 417 g/mol. The summed E-state index contributed by atoms with van der Waals surface area (Å²) in [5.74, 6) is 0.188. The van der Waals surface area contributed by atoms with E-state index in [-0.39, 0.29) is 24.1 Å². The molecular weight excluding hydrogens is 394 g/mol. The minimum atomic E-state index is -0.288. The highest BCUT2D eigenvalue weighted by Crippen LogP contribution is 2.48. The van der Waals surface area contributed by atoms with Crippen LogP contribution in [0.1, 0.15) is 41.1 Å². The van der Waals surface area contributed by atoms with Crippen molar-refractivity contribution in [1.29, 1.82) is 0 Å². The molecule has 1 unspecified atom stereocenters. The van der Waals surface area contributed by atoms with Crippen molar-refractivity contribution in [2.24, 2.45) is 5.92 Å². The van der Waals surface area contributed by atoms with E-state index < -0.39 is 0 Å². The van der Waals surface area contributed by atoms with Crippen molar-refractivity contribution in [3.8, 4) is 0 Å². The number of rotatable bonds is 5. The van der Waals surface area contributed by atoms with Gasteiger partial charge < -0.3 is 20.6 Å². The average Bonchev–Trinajstić information content (AvgIpc) is 3.18. The molecule has 1 saturated heterocycles. The quantitative estimate of drug-likeness (QED) is 0.588. The van der Waals surface area contributed by atoms with Gasteiger partial charge in [-0.15, -0.1) is 0 Å². The molecule has 5 rings (SSSR count). The van der Waals surface area contributed by atoms with Gasteiger partial charge in [-0.3, -0.25) is 0 Å². The first-order chi connectivity index (χ1) is 15.2. The third-order valence-corrected chi connectivity index (χ3v) is 6.16. The van der Waals surface area contributed by atoms with E-state index in [9.17, 15) is 8.78 Å². The molecule has 158 valence electrons. The smallest absolute Gasteiger partial charge is 0.130 e. The summed E-state index contributed by atoms with van der Waals surface area (Å²) >= 11 is 0. The first-order valence-corrected chi connectivity index (χ1v) is 10.7. The number of aromatic nitrogens is 2. The van der Waals surface area contributed by atoms with Gasteiger partial charge in [0.1, 0.15) is 11.6 Å². The predicted molar refractivity (Wildman–Crippen MR) is 118 cm³/mol. The zero-order valence-corrected chi connectivity index (χ0v) is 17.1. The van der Waals surface area contributed by atoms with Gasteiger partial charge in [0.15, 0.2) is 0 Å². The number of hydrogen-bond donors (Lipinski definition) is 1. The largest absolute Gasteiger partial charge is 0.388 e. The number of fused-ring (bicyclic) bond motifs is 1. The van der Waals surface area contributed by atoms with Crippen LogP contribution in [-0.4, -0.2) is 23.1 Å². The lowest BCUT2D eigenvalue weighted by atomic mass is 9.78. The van der Waals surface area contributed by atoms with E-state index >= 15 is 0 Å². The Kier molecular flexibility index (Phi) is 5.47. The second-order valence-corrected chi connectivity index (χ2v) is 8.06. The van der Waals surface area contributed by atoms with E-state index in [0.717, 1.165) is 42.8 Å². The second-order valence-electron chi connectivity index (χ2n) is 8.06. The molecule has 0 radical (unpaired) electrons. The highest BCUT2D eigenvalue weighted by atomic mass is 19.1. The molecule has 1 aromatic heterocycles. The first-order valence-electron chi connectivity index (χ1n) is 10.7. The Hall–Kier alpha value is -3.12. The van der Waals surface area contributed by atoms with Crippen LogP contribution in [0.5, 0.6) is 0 Å². The number of piperidine rings is 1. The third kappa shape index (κ3) is 3.95. The fraction of sp³-hybridized carbons (Fsp3) is 0.280. The summed E-state index contributed by atoms with van der Waals surface area (Å²) in [6.07, 6.45) is 5.77. The summed E-state index contributed by atoms with van der Waals surface area (Å²) < 4.78 is 28.6. The molecule has 0 saturated carbocycles. The maximum Gasteiger partial charge on any atom is 0.130 e. The lowest BCUT2D eigenvalue weighted by Gasteiger charge is -2.32. The fourth-order valence-corrected chi connectivity index (χ4v) is 4.61. The van der Waals surface area contributed by atoms with Gasteiger partial charge in [-0.25, -0.2) is 8.78 Å². The fourth-order valence-electron chi connectivity index (χ4n) is 4.61. The van der Waals surface area contributed by atoms with E-state index in [2.05, 4.69) is 15.6 Å². The summed E-state index contributed by atoms with van der Waals surface area (Å²) in [5.41, 5.74) is 3.89. The van der Waals surface area contributed by atoms with Crippen LogP contribution in [0.15, 0.2) is 54.7 Å². The Morgan fingerprint density at radius 1 is 0.968 bits per heavy atom. The minimum Gasteiger partial charge on any atom is -0.388 e. The van der Waals surface area contributed by atoms with Crippen LogP contribution in [0, 0.1) is 17.6 Å². The van der Waals surface area contributed by atoms with E-state index in [1.807, 2.05) is 18.2 Å². The zero-order chi connectivity index (χ0) is 21.2. The molecule has 0 bridgehead atoms. The van der Waals surface area contributed by atoms with Crippen molar-refractivity contribution in [2.75, 3.05) is 13.1 Å². The lowest BCUT2D eigenvalue weighted by molar-refractivity contribution is 0.350. The lowest BCUT2D eigenvalue weighted by Crippen LogP contribution is -2.31. The van der Waals surface area contributed by atoms with E-state index in [1.165, 1.54) is 12.1 Å². The maximum absolute atomic E-state index is 14.7. The summed E-state index contributed by atoms with van der Waals surface area (Å²) in [6, 6.07) is 13.5. The molecule has 6 heteroatoms. The van der Waals surface area contributed by atoms with Gasteiger partial charge in [-0.05, 0) is 78.6 Å². The van der Waals surface area contributed by atoms with Gasteiger partial charge in [0.05, 0.1) is 0 Å². The van der Waals surface area contributed by atoms with Crippen molar-refractivity contribution < 1.29 is 8.78 Å². The van der Waals surface area contributed by atoms with Crippen molar-refractivity contribution in [3.63, 3.8) is 0 Å². The predicted octanol–water partition coefficient (Wildman–Crippen LogP) is 5.60. The number of allylic oxidation sites excluding steroid dienone is 1. The Bertz CT molecular complexity index is 1120. The molecular formula is C25H23F2N4-. The standard InChI is InChI=1S/C25H23F2N4/c26-21-7-3-1-5-17(21)14-29-25-30-15-18-13-20(19-6-2-4-8-22(19)27)23(24(18)31-25)16-9-11-28-12-10-16/h1-8,13,15-16,23,28H,9-12,14H2/q-1. The molecule has 1 atom stereocenters. The van der Waals surface area contributed by atoms with Crippen LogP contribution in [0.25, 0.3) is 17.0 Å². The van der Waals surface area contributed by atoms with Crippen LogP contribution in [0.3, 0.4) is 0 Å². The van der Waals surface area contributed by atoms with Gasteiger partial charge in [0.2, 0.25) is 0 Å². The number of benzene rings is 2. The maximum atomic E-state index is 14.7. The zero-order valence-electron chi connectivity index (χ0n) is 17.1. The van der Waals surface area contributed by atoms with E-state index in [1.54, 1.807) is 30.5 Å². The van der Waals surface area contributed by atoms with Crippen molar-refractivity contribution in [2.45, 2.75) is 25.3 Å². The Morgan fingerprint density at radius 3 is 2.48 bits per heavy atom. The molecule has 31 heavy (non-hydrogen) atoms. The van der Waals surface area contributed by atoms with Crippen molar-refractivity contribution in [3.05, 3.63) is 94.1 Å². The van der Waals surface area contributed by atoms with Gasteiger partial charge in [-0.2, -0.15) is 0 Å². The molecule has 3 aromatic rings. The van der Waals surface area contributed by atoms with Gasteiger partial charge >= 0.3 is 0 Å². The second kappa shape index (κ2) is 8.55. The molecule has 1 N–H and O–H groups in total. The van der Waals surface area contributed by atoms with Crippen LogP contribution in [0.4, 0.5) is 14.7 Å². The van der Waals surface area contributed by atoms with Gasteiger partial charge in [0.25, 0.3) is 0 Å². The number of nitrogens with one attached hydrogen (secondary N) is 1. The number of nitrogens with zero attached hydrogens (tertiary/aromatic N) is 3. The van der Waals surface area contributed by atoms with Crippen LogP contribution >= 0.6 is 0 Å². The highest BCUT2D eigenvalue weighted by Gasteiger charge is 2.34. The van der Waals surface area contributed by atoms with Crippen LogP contribution in [0.2, 0.25) is 0 Å². The topological polar surface area (TPSA) is 51.9 Å². The normalized spacial score (nSPS) is 18.5. The van der Waals surface area contributed by atoms with E-state index in [0.29, 0.717) is 23.0 Å². The SMILES string of the molecule is Fc1ccccc1C[N-]c1ncc2c(n1)C(C1CCNCC1)C(c1ccccc1F)=C2. The molecule has 0 amide bonds. The van der Waals surface area contributed by atoms with Crippen molar-refractivity contribution >= 4 is 17.6 Å². The highest BCUT2D eigenvalue weighted by molar-refractivity contribution is 5.91. The molecule has 1 fully saturated rings. The van der Waals surface area contributed by atoms with Gasteiger partial charge in [0, 0.05) is 24.0 Å². The minimum absolute atomic E-state index is 0.000545. The number of halogens is 2. The summed E-state index contributed by atoms with van der Waals surface area (Å²) in [5, 5.41) is 7.84. The molecule has 2 heterocycles.